The van der Waals surface area contributed by atoms with Gasteiger partial charge in [0.15, 0.2) is 23.1 Å². The first-order valence-electron chi connectivity index (χ1n) is 44.3. The summed E-state index contributed by atoms with van der Waals surface area (Å²) in [7, 11) is 12.9. The van der Waals surface area contributed by atoms with Crippen molar-refractivity contribution in [1.82, 2.24) is 69.1 Å². The molecule has 704 valence electrons. The first-order valence-corrected chi connectivity index (χ1v) is 44.3. The average Bonchev–Trinajstić information content (AvgIpc) is 1.61. The fourth-order valence-electron chi connectivity index (χ4n) is 13.2. The molecule has 0 saturated carbocycles. The molecule has 29 heteroatoms. The van der Waals surface area contributed by atoms with Gasteiger partial charge in [-0.15, -0.1) is 0 Å². The first-order chi connectivity index (χ1) is 61.9. The highest BCUT2D eigenvalue weighted by Crippen LogP contribution is 2.44. The Hall–Kier alpha value is -11.5. The van der Waals surface area contributed by atoms with Gasteiger partial charge in [0.25, 0.3) is 0 Å². The second-order valence-electron chi connectivity index (χ2n) is 31.2. The number of Topliss-reactive ketones (excluding diaryl/α,β-unsaturated/α-hetero) is 7. The van der Waals surface area contributed by atoms with Crippen molar-refractivity contribution in [2.24, 2.45) is 11.5 Å². The Balaban J connectivity index is 0.000000522. The zero-order chi connectivity index (χ0) is 95.7. The molecule has 8 unspecified atom stereocenters. The molecular weight excluding hydrogens is 1640 g/mol. The summed E-state index contributed by atoms with van der Waals surface area (Å²) in [5.41, 5.74) is 20.9. The van der Waals surface area contributed by atoms with Crippen molar-refractivity contribution >= 4 is 76.1 Å². The minimum absolute atomic E-state index is 0.00238. The fourth-order valence-corrected chi connectivity index (χ4v) is 13.2. The number of alkyl carbamates (subject to hydrolysis) is 1. The molecule has 8 rings (SSSR count). The average molecular weight is 1780 g/mol. The number of ketones is 7. The maximum Gasteiger partial charge on any atom is 0.407 e. The lowest BCUT2D eigenvalue weighted by molar-refractivity contribution is -0.128. The molecular formula is C100H145N15O14. The van der Waals surface area contributed by atoms with Crippen molar-refractivity contribution in [2.45, 2.75) is 193 Å². The van der Waals surface area contributed by atoms with Gasteiger partial charge in [-0.25, -0.2) is 4.79 Å². The number of amides is 6. The van der Waals surface area contributed by atoms with Gasteiger partial charge in [0.2, 0.25) is 29.5 Å². The molecule has 0 radical (unpaired) electrons. The highest BCUT2D eigenvalue weighted by molar-refractivity contribution is 5.92. The van der Waals surface area contributed by atoms with E-state index in [9.17, 15) is 62.3 Å². The standard InChI is InChI=1S/C24H29N3O4.C16H24N2O2.C15H23N3O2.C15H22N2O2.C11H15NO.C10H13NO.C9H19N3O2/c1-16(28)14-26-23(29)22(12-7-13-25-2)27-24(30)31-15-21-19-10-5-3-8-17(19)18-9-4-6-11-20(18)21;1-13(19)15(12-14-8-4-3-5-9-14)18-16(20)10-6-7-11-17-2;1-11(19)14(12-7-4-3-5-8-12)18-15(20)13(16)9-6-10-17-2;1-12(18)15(13-8-4-3-5-9-13)17-14(19)10-6-7-11-16-2;1-9(13)11(12-2)8-10-6-4-3-5-7-10;1-8(12)10(11-2)9-6-4-3-5-7-9;1-7(13)6-12-9(14)8(10)4-3-5-11-2/h3-6,8-11,21-22,25H,7,12-15H2,1-2H3,(H,26,29)(H,27,30);3-5,8-9,15,17H,6-7,10-12H2,1-2H3,(H,18,20);3-5,7-8,13-14,17H,6,9-10,16H2,1-2H3,(H,18,20);3-5,8-9,15-16H,6-7,10-11H2,1-2H3,(H,17,19);3-7,11-12H,8H2,1-2H3;3-7,10-11H,1-2H3;8,11H,3-6,10H2,1-2H3,(H,12,14). The van der Waals surface area contributed by atoms with Crippen LogP contribution in [-0.4, -0.2) is 208 Å². The molecule has 129 heavy (non-hydrogen) atoms. The van der Waals surface area contributed by atoms with E-state index in [1.807, 2.05) is 218 Å². The molecule has 0 heterocycles. The number of fused-ring (bicyclic) bond motifs is 3. The van der Waals surface area contributed by atoms with Crippen LogP contribution >= 0.6 is 0 Å². The summed E-state index contributed by atoms with van der Waals surface area (Å²) < 4.78 is 5.54. The normalized spacial score (nSPS) is 12.6. The molecule has 0 spiro atoms. The van der Waals surface area contributed by atoms with Gasteiger partial charge in [0.1, 0.15) is 42.1 Å². The summed E-state index contributed by atoms with van der Waals surface area (Å²) in [5.74, 6) is -1.13. The highest BCUT2D eigenvalue weighted by atomic mass is 16.5. The van der Waals surface area contributed by atoms with E-state index in [0.29, 0.717) is 51.5 Å². The number of hydrogen-bond acceptors (Lipinski definition) is 23. The van der Waals surface area contributed by atoms with E-state index >= 15 is 0 Å². The third-order valence-electron chi connectivity index (χ3n) is 20.3. The number of rotatable bonds is 49. The molecule has 0 saturated heterocycles. The molecule has 17 N–H and O–H groups in total. The van der Waals surface area contributed by atoms with Crippen LogP contribution in [0.3, 0.4) is 0 Å². The topological polar surface area (TPSA) is 440 Å². The van der Waals surface area contributed by atoms with Gasteiger partial charge >= 0.3 is 6.09 Å². The van der Waals surface area contributed by atoms with Crippen LogP contribution in [0.1, 0.15) is 189 Å². The van der Waals surface area contributed by atoms with Crippen LogP contribution in [0, 0.1) is 0 Å². The zero-order valence-electron chi connectivity index (χ0n) is 78.2. The lowest BCUT2D eigenvalue weighted by atomic mass is 9.98. The van der Waals surface area contributed by atoms with Gasteiger partial charge in [-0.2, -0.15) is 0 Å². The lowest BCUT2D eigenvalue weighted by Gasteiger charge is -2.19. The van der Waals surface area contributed by atoms with Crippen LogP contribution in [0.5, 0.6) is 0 Å². The largest absolute Gasteiger partial charge is 0.449 e. The van der Waals surface area contributed by atoms with E-state index in [-0.39, 0.29) is 108 Å². The van der Waals surface area contributed by atoms with Crippen molar-refractivity contribution in [2.75, 3.05) is 102 Å². The Morgan fingerprint density at radius 1 is 0.326 bits per heavy atom. The molecule has 7 aromatic rings. The van der Waals surface area contributed by atoms with E-state index in [2.05, 4.69) is 93.4 Å². The van der Waals surface area contributed by atoms with Crippen LogP contribution in [0.15, 0.2) is 200 Å². The number of carbonyl (C=O) groups is 13. The third-order valence-corrected chi connectivity index (χ3v) is 20.3. The number of nitrogens with one attached hydrogen (secondary N) is 13. The lowest BCUT2D eigenvalue weighted by Crippen LogP contribution is -2.48. The van der Waals surface area contributed by atoms with Crippen molar-refractivity contribution in [3.63, 3.8) is 0 Å². The van der Waals surface area contributed by atoms with E-state index in [1.54, 1.807) is 20.9 Å². The second kappa shape index (κ2) is 68.6. The van der Waals surface area contributed by atoms with Crippen molar-refractivity contribution in [1.29, 1.82) is 0 Å². The molecule has 0 fully saturated rings. The minimum atomic E-state index is -0.761. The number of unbranched alkanes of at least 4 members (excludes halogenated alkanes) is 2. The zero-order valence-corrected chi connectivity index (χ0v) is 78.2. The summed E-state index contributed by atoms with van der Waals surface area (Å²) in [5, 5.41) is 37.1. The smallest absolute Gasteiger partial charge is 0.407 e. The maximum atomic E-state index is 12.5. The van der Waals surface area contributed by atoms with Crippen LogP contribution in [0.4, 0.5) is 4.79 Å². The SMILES string of the molecule is CNC(C(C)=O)c1ccccc1.CNC(Cc1ccccc1)C(C)=O.CNCCCC(N)C(=O)NC(C(C)=O)c1ccccc1.CNCCCC(N)C(=O)NCC(C)=O.CNCCCC(NC(=O)OCC1c2ccccc2-c2ccccc21)C(=O)NCC(C)=O.CNCCCCC(=O)NC(C(C)=O)c1ccccc1.CNCCCCC(=O)NC(Cc1ccccc1)C(C)=O. The molecule has 0 bridgehead atoms. The Bertz CT molecular complexity index is 4370. The van der Waals surface area contributed by atoms with Crippen LogP contribution in [0.2, 0.25) is 0 Å². The molecule has 8 atom stereocenters. The van der Waals surface area contributed by atoms with Crippen molar-refractivity contribution < 1.29 is 67.1 Å². The molecule has 6 amide bonds. The molecule has 1 aliphatic carbocycles. The van der Waals surface area contributed by atoms with Gasteiger partial charge in [-0.3, -0.25) is 57.5 Å². The number of likely N-dealkylation sites (N-methyl/N-ethyl adjacent to an activating group) is 2. The van der Waals surface area contributed by atoms with Crippen LogP contribution in [-0.2, 0) is 75.1 Å². The maximum absolute atomic E-state index is 12.5. The summed E-state index contributed by atoms with van der Waals surface area (Å²) in [6.45, 7) is 14.9. The predicted octanol–water partition coefficient (Wildman–Crippen LogP) is 8.83. The number of carbonyl (C=O) groups excluding carboxylic acids is 13. The predicted molar refractivity (Wildman–Crippen MR) is 512 cm³/mol. The van der Waals surface area contributed by atoms with E-state index in [4.69, 9.17) is 16.2 Å². The van der Waals surface area contributed by atoms with Gasteiger partial charge < -0.3 is 85.3 Å². The Morgan fingerprint density at radius 2 is 0.667 bits per heavy atom. The molecule has 29 nitrogen and oxygen atoms in total. The fraction of sp³-hybridized carbons (Fsp3) is 0.450. The highest BCUT2D eigenvalue weighted by Gasteiger charge is 2.31. The summed E-state index contributed by atoms with van der Waals surface area (Å²) in [6.07, 6.45) is 9.22. The minimum Gasteiger partial charge on any atom is -0.449 e. The van der Waals surface area contributed by atoms with Crippen LogP contribution < -0.4 is 80.6 Å². The molecule has 7 aromatic carbocycles. The Labute approximate surface area is 764 Å². The molecule has 0 aromatic heterocycles. The van der Waals surface area contributed by atoms with Gasteiger partial charge in [0.05, 0.1) is 43.3 Å². The molecule has 1 aliphatic rings. The Morgan fingerprint density at radius 3 is 1.05 bits per heavy atom. The summed E-state index contributed by atoms with van der Waals surface area (Å²) in [4.78, 5) is 151. The Kier molecular flexibility index (Phi) is 60.4. The summed E-state index contributed by atoms with van der Waals surface area (Å²) >= 11 is 0. The van der Waals surface area contributed by atoms with E-state index in [1.165, 1.54) is 40.2 Å². The monoisotopic (exact) mass is 1780 g/mol. The van der Waals surface area contributed by atoms with E-state index < -0.39 is 42.3 Å². The van der Waals surface area contributed by atoms with Crippen molar-refractivity contribution in [3.8, 4) is 11.1 Å². The number of nitrogens with two attached hydrogens (primary N) is 2. The number of benzene rings is 7. The number of hydrogen-bond donors (Lipinski definition) is 15. The van der Waals surface area contributed by atoms with Gasteiger partial charge in [-0.1, -0.05) is 200 Å². The first kappa shape index (κ1) is 114. The third kappa shape index (κ3) is 49.0. The van der Waals surface area contributed by atoms with Gasteiger partial charge in [-0.05, 0) is 258 Å². The summed E-state index contributed by atoms with van der Waals surface area (Å²) in [6, 6.07) is 60.5. The molecule has 0 aliphatic heterocycles. The van der Waals surface area contributed by atoms with Gasteiger partial charge in [0, 0.05) is 18.8 Å². The van der Waals surface area contributed by atoms with Crippen LogP contribution in [0.25, 0.3) is 11.1 Å². The van der Waals surface area contributed by atoms with Crippen molar-refractivity contribution in [3.05, 3.63) is 239 Å². The quantitative estimate of drug-likeness (QED) is 0.0158. The van der Waals surface area contributed by atoms with E-state index in [0.717, 1.165) is 116 Å². The number of ether oxygens (including phenoxy) is 1. The second-order valence-corrected chi connectivity index (χ2v) is 31.2.